The molecule has 0 aliphatic heterocycles. The molecule has 23 heavy (non-hydrogen) atoms. The summed E-state index contributed by atoms with van der Waals surface area (Å²) >= 11 is 7.53. The third-order valence-electron chi connectivity index (χ3n) is 3.68. The molecule has 0 aliphatic rings. The van der Waals surface area contributed by atoms with Gasteiger partial charge < -0.3 is 5.32 Å². The molecule has 0 radical (unpaired) electrons. The number of rotatable bonds is 6. The Morgan fingerprint density at radius 3 is 2.52 bits per heavy atom. The van der Waals surface area contributed by atoms with Crippen molar-refractivity contribution in [2.45, 2.75) is 38.1 Å². The zero-order valence-electron chi connectivity index (χ0n) is 13.7. The van der Waals surface area contributed by atoms with Crippen molar-refractivity contribution >= 4 is 29.3 Å². The summed E-state index contributed by atoms with van der Waals surface area (Å²) in [4.78, 5) is 13.2. The van der Waals surface area contributed by atoms with Gasteiger partial charge in [0.1, 0.15) is 0 Å². The number of hydrogen-bond acceptors (Lipinski definition) is 2. The summed E-state index contributed by atoms with van der Waals surface area (Å²) in [6.07, 6.45) is 0.503. The van der Waals surface area contributed by atoms with Crippen LogP contribution < -0.4 is 5.32 Å². The average Bonchev–Trinajstić information content (AvgIpc) is 2.49. The minimum atomic E-state index is 0.0311. The van der Waals surface area contributed by atoms with E-state index in [0.29, 0.717) is 6.42 Å². The fraction of sp³-hybridized carbons (Fsp3) is 0.316. The summed E-state index contributed by atoms with van der Waals surface area (Å²) < 4.78 is 0. The molecular formula is C19H22ClNOS. The van der Waals surface area contributed by atoms with Crippen LogP contribution in [-0.4, -0.2) is 11.7 Å². The van der Waals surface area contributed by atoms with Crippen LogP contribution in [0.4, 0.5) is 0 Å². The molecule has 0 saturated carbocycles. The number of carbonyl (C=O) groups is 1. The number of carbonyl (C=O) groups excluding carboxylic acids is 1. The van der Waals surface area contributed by atoms with Crippen LogP contribution >= 0.6 is 23.4 Å². The number of nitrogens with one attached hydrogen (secondary N) is 1. The highest BCUT2D eigenvalue weighted by Crippen LogP contribution is 2.22. The largest absolute Gasteiger partial charge is 0.350 e. The van der Waals surface area contributed by atoms with Crippen molar-refractivity contribution in [2.75, 3.05) is 5.75 Å². The van der Waals surface area contributed by atoms with Crippen molar-refractivity contribution in [1.82, 2.24) is 5.32 Å². The van der Waals surface area contributed by atoms with Crippen LogP contribution in [0.1, 0.15) is 36.1 Å². The highest BCUT2D eigenvalue weighted by molar-refractivity contribution is 7.99. The van der Waals surface area contributed by atoms with Crippen molar-refractivity contribution in [3.63, 3.8) is 0 Å². The first-order valence-corrected chi connectivity index (χ1v) is 9.07. The number of thioether (sulfide) groups is 1. The minimum Gasteiger partial charge on any atom is -0.350 e. The number of halogens is 1. The van der Waals surface area contributed by atoms with Crippen molar-refractivity contribution < 1.29 is 4.79 Å². The quantitative estimate of drug-likeness (QED) is 0.717. The van der Waals surface area contributed by atoms with Crippen molar-refractivity contribution in [1.29, 1.82) is 0 Å². The fourth-order valence-electron chi connectivity index (χ4n) is 2.50. The van der Waals surface area contributed by atoms with Gasteiger partial charge in [0.2, 0.25) is 5.91 Å². The molecule has 2 aromatic carbocycles. The molecular weight excluding hydrogens is 326 g/mol. The van der Waals surface area contributed by atoms with Gasteiger partial charge in [0, 0.05) is 22.1 Å². The maximum Gasteiger partial charge on any atom is 0.221 e. The van der Waals surface area contributed by atoms with E-state index in [0.717, 1.165) is 15.7 Å². The van der Waals surface area contributed by atoms with Crippen molar-refractivity contribution in [3.05, 3.63) is 64.2 Å². The molecule has 0 spiro atoms. The van der Waals surface area contributed by atoms with E-state index in [1.54, 1.807) is 11.8 Å². The molecule has 0 bridgehead atoms. The van der Waals surface area contributed by atoms with Crippen molar-refractivity contribution in [2.24, 2.45) is 0 Å². The number of hydrogen-bond donors (Lipinski definition) is 1. The van der Waals surface area contributed by atoms with E-state index in [-0.39, 0.29) is 11.9 Å². The Morgan fingerprint density at radius 2 is 1.87 bits per heavy atom. The lowest BCUT2D eigenvalue weighted by molar-refractivity contribution is -0.121. The van der Waals surface area contributed by atoms with Gasteiger partial charge in [-0.05, 0) is 56.2 Å². The van der Waals surface area contributed by atoms with Gasteiger partial charge in [0.25, 0.3) is 0 Å². The Labute approximate surface area is 147 Å². The normalized spacial score (nSPS) is 12.0. The summed E-state index contributed by atoms with van der Waals surface area (Å²) in [5, 5.41) is 3.81. The lowest BCUT2D eigenvalue weighted by Gasteiger charge is -2.17. The molecule has 2 aromatic rings. The highest BCUT2D eigenvalue weighted by Gasteiger charge is 2.11. The first-order chi connectivity index (χ1) is 11.0. The van der Waals surface area contributed by atoms with Crippen LogP contribution in [0.15, 0.2) is 47.4 Å². The molecule has 0 aromatic heterocycles. The van der Waals surface area contributed by atoms with E-state index >= 15 is 0 Å². The molecule has 2 nitrogen and oxygen atoms in total. The summed E-state index contributed by atoms with van der Waals surface area (Å²) in [5.41, 5.74) is 3.63. The average molecular weight is 348 g/mol. The molecule has 0 aliphatic carbocycles. The lowest BCUT2D eigenvalue weighted by atomic mass is 10.0. The summed E-state index contributed by atoms with van der Waals surface area (Å²) in [5.74, 6) is 0.839. The van der Waals surface area contributed by atoms with Crippen LogP contribution in [0.3, 0.4) is 0 Å². The molecule has 1 atom stereocenters. The molecule has 0 unspecified atom stereocenters. The lowest BCUT2D eigenvalue weighted by Crippen LogP contribution is -2.27. The fourth-order valence-corrected chi connectivity index (χ4v) is 3.47. The van der Waals surface area contributed by atoms with Crippen LogP contribution in [0.2, 0.25) is 5.02 Å². The van der Waals surface area contributed by atoms with E-state index < -0.39 is 0 Å². The van der Waals surface area contributed by atoms with E-state index in [9.17, 15) is 4.79 Å². The topological polar surface area (TPSA) is 29.1 Å². The number of aryl methyl sites for hydroxylation is 2. The van der Waals surface area contributed by atoms with Crippen molar-refractivity contribution in [3.8, 4) is 0 Å². The monoisotopic (exact) mass is 347 g/mol. The van der Waals surface area contributed by atoms with Crippen LogP contribution in [-0.2, 0) is 4.79 Å². The van der Waals surface area contributed by atoms with Gasteiger partial charge in [0.15, 0.2) is 0 Å². The van der Waals surface area contributed by atoms with E-state index in [2.05, 4.69) is 37.4 Å². The Bertz CT molecular complexity index is 670. The van der Waals surface area contributed by atoms with Crippen LogP contribution in [0.5, 0.6) is 0 Å². The Kier molecular flexibility index (Phi) is 6.55. The van der Waals surface area contributed by atoms with Gasteiger partial charge in [-0.3, -0.25) is 4.79 Å². The standard InChI is InChI=1S/C19H22ClNOS/c1-13-4-9-18(14(2)12-13)15(3)21-19(22)10-11-23-17-7-5-16(20)6-8-17/h4-9,12,15H,10-11H2,1-3H3,(H,21,22)/t15-/m0/s1. The zero-order chi connectivity index (χ0) is 16.8. The smallest absolute Gasteiger partial charge is 0.221 e. The summed E-state index contributed by atoms with van der Waals surface area (Å²) in [6, 6.07) is 14.0. The van der Waals surface area contributed by atoms with Gasteiger partial charge >= 0.3 is 0 Å². The van der Waals surface area contributed by atoms with E-state index in [1.807, 2.05) is 31.2 Å². The maximum absolute atomic E-state index is 12.1. The third-order valence-corrected chi connectivity index (χ3v) is 4.95. The SMILES string of the molecule is Cc1ccc([C@H](C)NC(=O)CCSc2ccc(Cl)cc2)c(C)c1. The van der Waals surface area contributed by atoms with E-state index in [1.165, 1.54) is 16.7 Å². The second kappa shape index (κ2) is 8.42. The van der Waals surface area contributed by atoms with Crippen LogP contribution in [0, 0.1) is 13.8 Å². The Balaban J connectivity index is 1.81. The molecule has 4 heteroatoms. The maximum atomic E-state index is 12.1. The van der Waals surface area contributed by atoms with Gasteiger partial charge in [-0.1, -0.05) is 35.4 Å². The Hall–Kier alpha value is -1.45. The number of benzene rings is 2. The van der Waals surface area contributed by atoms with Gasteiger partial charge in [-0.2, -0.15) is 0 Å². The predicted octanol–water partition coefficient (Wildman–Crippen LogP) is 5.32. The molecule has 0 heterocycles. The zero-order valence-corrected chi connectivity index (χ0v) is 15.3. The minimum absolute atomic E-state index is 0.0311. The summed E-state index contributed by atoms with van der Waals surface area (Å²) in [6.45, 7) is 6.19. The molecule has 0 saturated heterocycles. The second-order valence-corrected chi connectivity index (χ2v) is 7.31. The Morgan fingerprint density at radius 1 is 1.17 bits per heavy atom. The van der Waals surface area contributed by atoms with E-state index in [4.69, 9.17) is 11.6 Å². The first kappa shape index (κ1) is 17.9. The first-order valence-electron chi connectivity index (χ1n) is 7.70. The molecule has 0 fully saturated rings. The number of amides is 1. The highest BCUT2D eigenvalue weighted by atomic mass is 35.5. The molecule has 1 amide bonds. The summed E-state index contributed by atoms with van der Waals surface area (Å²) in [7, 11) is 0. The van der Waals surface area contributed by atoms with Gasteiger partial charge in [-0.25, -0.2) is 0 Å². The van der Waals surface area contributed by atoms with Crippen LogP contribution in [0.25, 0.3) is 0 Å². The molecule has 122 valence electrons. The van der Waals surface area contributed by atoms with Gasteiger partial charge in [0.05, 0.1) is 6.04 Å². The van der Waals surface area contributed by atoms with Gasteiger partial charge in [-0.15, -0.1) is 11.8 Å². The molecule has 1 N–H and O–H groups in total. The third kappa shape index (κ3) is 5.60. The molecule has 2 rings (SSSR count). The predicted molar refractivity (Wildman–Crippen MR) is 99.3 cm³/mol. The second-order valence-electron chi connectivity index (χ2n) is 5.70.